The third-order valence-corrected chi connectivity index (χ3v) is 6.20. The lowest BCUT2D eigenvalue weighted by Gasteiger charge is -2.27. The van der Waals surface area contributed by atoms with E-state index in [1.165, 1.54) is 22.1 Å². The normalized spacial score (nSPS) is 14.2. The van der Waals surface area contributed by atoms with Gasteiger partial charge in [0.1, 0.15) is 18.1 Å². The molecule has 0 bridgehead atoms. The van der Waals surface area contributed by atoms with Crippen molar-refractivity contribution < 1.29 is 9.53 Å². The number of methoxy groups -OCH3 is 1. The van der Waals surface area contributed by atoms with E-state index in [2.05, 4.69) is 20.3 Å². The molecular weight excluding hydrogens is 398 g/mol. The third-order valence-electron chi connectivity index (χ3n) is 4.32. The summed E-state index contributed by atoms with van der Waals surface area (Å²) in [6.07, 6.45) is 0. The number of aromatic nitrogens is 3. The second-order valence-corrected chi connectivity index (χ2v) is 8.44. The van der Waals surface area contributed by atoms with Gasteiger partial charge in [0.25, 0.3) is 5.56 Å². The van der Waals surface area contributed by atoms with Crippen LogP contribution < -0.4 is 20.5 Å². The van der Waals surface area contributed by atoms with Gasteiger partial charge in [-0.2, -0.15) is 16.9 Å². The van der Waals surface area contributed by atoms with Gasteiger partial charge in [-0.25, -0.2) is 9.67 Å². The molecule has 0 atom stereocenters. The van der Waals surface area contributed by atoms with E-state index < -0.39 is 0 Å². The summed E-state index contributed by atoms with van der Waals surface area (Å²) in [6, 6.07) is 8.71. The molecule has 3 aromatic rings. The molecule has 1 fully saturated rings. The van der Waals surface area contributed by atoms with Crippen LogP contribution in [0.5, 0.6) is 5.75 Å². The van der Waals surface area contributed by atoms with Crippen molar-refractivity contribution >= 4 is 50.2 Å². The number of benzene rings is 1. The maximum Gasteiger partial charge on any atom is 0.267 e. The predicted octanol–water partition coefficient (Wildman–Crippen LogP) is 2.05. The minimum atomic E-state index is -0.341. The molecule has 4 rings (SSSR count). The lowest BCUT2D eigenvalue weighted by Crippen LogP contribution is -2.36. The summed E-state index contributed by atoms with van der Waals surface area (Å²) in [5.41, 5.74) is 0.473. The number of hydrogen-bond acceptors (Lipinski definition) is 8. The number of carbonyl (C=O) groups excluding carboxylic acids is 1. The maximum atomic E-state index is 12.4. The number of rotatable bonds is 5. The number of nitrogens with one attached hydrogen (secondary N) is 1. The highest BCUT2D eigenvalue weighted by molar-refractivity contribution is 7.99. The molecule has 1 saturated heterocycles. The second kappa shape index (κ2) is 8.19. The average Bonchev–Trinajstić information content (AvgIpc) is 3.11. The second-order valence-electron chi connectivity index (χ2n) is 6.19. The van der Waals surface area contributed by atoms with Gasteiger partial charge in [-0.05, 0) is 24.3 Å². The molecule has 1 aliphatic rings. The Hall–Kier alpha value is -2.59. The van der Waals surface area contributed by atoms with Crippen molar-refractivity contribution in [1.82, 2.24) is 14.8 Å². The molecule has 1 amide bonds. The molecule has 1 N–H and O–H groups in total. The van der Waals surface area contributed by atoms with Crippen molar-refractivity contribution in [3.05, 3.63) is 40.7 Å². The van der Waals surface area contributed by atoms with E-state index in [0.717, 1.165) is 46.4 Å². The number of fused-ring (bicyclic) bond motifs is 1. The minimum absolute atomic E-state index is 0.158. The molecule has 2 aromatic heterocycles. The highest BCUT2D eigenvalue weighted by Gasteiger charge is 2.15. The van der Waals surface area contributed by atoms with Crippen molar-refractivity contribution in [2.75, 3.05) is 41.9 Å². The van der Waals surface area contributed by atoms with Gasteiger partial charge in [-0.3, -0.25) is 9.59 Å². The Balaban J connectivity index is 1.48. The van der Waals surface area contributed by atoms with Crippen molar-refractivity contribution in [3.8, 4) is 5.75 Å². The first-order chi connectivity index (χ1) is 13.6. The predicted molar refractivity (Wildman–Crippen MR) is 113 cm³/mol. The summed E-state index contributed by atoms with van der Waals surface area (Å²) in [5.74, 6) is 3.18. The van der Waals surface area contributed by atoms with Crippen LogP contribution in [-0.2, 0) is 11.3 Å². The Labute approximate surface area is 169 Å². The zero-order valence-electron chi connectivity index (χ0n) is 15.3. The molecule has 0 aliphatic carbocycles. The third kappa shape index (κ3) is 4.12. The molecule has 1 aromatic carbocycles. The van der Waals surface area contributed by atoms with Crippen LogP contribution in [0, 0.1) is 0 Å². The average molecular weight is 418 g/mol. The zero-order valence-corrected chi connectivity index (χ0v) is 16.9. The van der Waals surface area contributed by atoms with Crippen LogP contribution >= 0.6 is 23.1 Å². The summed E-state index contributed by atoms with van der Waals surface area (Å²) >= 11 is 3.26. The van der Waals surface area contributed by atoms with Crippen molar-refractivity contribution in [2.24, 2.45) is 0 Å². The van der Waals surface area contributed by atoms with E-state index in [9.17, 15) is 9.59 Å². The van der Waals surface area contributed by atoms with Crippen molar-refractivity contribution in [3.63, 3.8) is 0 Å². The monoisotopic (exact) mass is 417 g/mol. The van der Waals surface area contributed by atoms with E-state index >= 15 is 0 Å². The largest absolute Gasteiger partial charge is 0.497 e. The van der Waals surface area contributed by atoms with Gasteiger partial charge in [0.05, 0.1) is 17.3 Å². The van der Waals surface area contributed by atoms with Crippen LogP contribution in [-0.4, -0.2) is 52.4 Å². The molecule has 3 heterocycles. The van der Waals surface area contributed by atoms with Gasteiger partial charge >= 0.3 is 0 Å². The van der Waals surface area contributed by atoms with E-state index in [-0.39, 0.29) is 18.0 Å². The van der Waals surface area contributed by atoms with Crippen LogP contribution in [0.2, 0.25) is 0 Å². The number of nitrogens with zero attached hydrogens (tertiary/aromatic N) is 4. The fourth-order valence-corrected chi connectivity index (χ4v) is 4.71. The standard InChI is InChI=1S/C18H19N5O3S2/c1-26-12-2-3-13-14(10-12)28-18(19-13)20-16(24)11-23-17(25)5-4-15(21-23)22-6-8-27-9-7-22/h2-5,10H,6-9,11H2,1H3,(H,19,20,24). The molecule has 146 valence electrons. The quantitative estimate of drug-likeness (QED) is 0.680. The first kappa shape index (κ1) is 18.8. The van der Waals surface area contributed by atoms with E-state index in [4.69, 9.17) is 4.74 Å². The highest BCUT2D eigenvalue weighted by atomic mass is 32.2. The first-order valence-electron chi connectivity index (χ1n) is 8.78. The number of amides is 1. The molecule has 0 spiro atoms. The SMILES string of the molecule is COc1ccc2nc(NC(=O)Cn3nc(N4CCSCC4)ccc3=O)sc2c1. The number of thiazole rings is 1. The number of carbonyl (C=O) groups is 1. The zero-order chi connectivity index (χ0) is 19.5. The number of hydrogen-bond donors (Lipinski definition) is 1. The summed E-state index contributed by atoms with van der Waals surface area (Å²) < 4.78 is 7.32. The summed E-state index contributed by atoms with van der Waals surface area (Å²) in [6.45, 7) is 1.61. The van der Waals surface area contributed by atoms with Crippen LogP contribution in [0.15, 0.2) is 35.1 Å². The lowest BCUT2D eigenvalue weighted by atomic mass is 10.3. The Kier molecular flexibility index (Phi) is 5.49. The fourth-order valence-electron chi connectivity index (χ4n) is 2.89. The minimum Gasteiger partial charge on any atom is -0.497 e. The van der Waals surface area contributed by atoms with Crippen molar-refractivity contribution in [1.29, 1.82) is 0 Å². The number of ether oxygens (including phenoxy) is 1. The highest BCUT2D eigenvalue weighted by Crippen LogP contribution is 2.29. The summed E-state index contributed by atoms with van der Waals surface area (Å²) in [5, 5.41) is 7.60. The Morgan fingerprint density at radius 3 is 2.86 bits per heavy atom. The number of thioether (sulfide) groups is 1. The molecule has 28 heavy (non-hydrogen) atoms. The Morgan fingerprint density at radius 2 is 2.07 bits per heavy atom. The molecule has 1 aliphatic heterocycles. The van der Waals surface area contributed by atoms with Crippen LogP contribution in [0.25, 0.3) is 10.2 Å². The van der Waals surface area contributed by atoms with Crippen molar-refractivity contribution in [2.45, 2.75) is 6.54 Å². The van der Waals surface area contributed by atoms with Gasteiger partial charge in [0.2, 0.25) is 5.91 Å². The molecule has 0 saturated carbocycles. The first-order valence-corrected chi connectivity index (χ1v) is 10.7. The lowest BCUT2D eigenvalue weighted by molar-refractivity contribution is -0.117. The van der Waals surface area contributed by atoms with Crippen LogP contribution in [0.4, 0.5) is 10.9 Å². The molecule has 0 unspecified atom stereocenters. The Bertz CT molecular complexity index is 1060. The van der Waals surface area contributed by atoms with Gasteiger partial charge in [0, 0.05) is 30.7 Å². The van der Waals surface area contributed by atoms with Gasteiger partial charge < -0.3 is 15.0 Å². The van der Waals surface area contributed by atoms with E-state index in [1.807, 2.05) is 30.0 Å². The Morgan fingerprint density at radius 1 is 1.25 bits per heavy atom. The van der Waals surface area contributed by atoms with Crippen LogP contribution in [0.3, 0.4) is 0 Å². The molecule has 10 heteroatoms. The van der Waals surface area contributed by atoms with Gasteiger partial charge in [0.15, 0.2) is 5.13 Å². The molecule has 8 nitrogen and oxygen atoms in total. The molecular formula is C18H19N5O3S2. The molecule has 0 radical (unpaired) electrons. The van der Waals surface area contributed by atoms with E-state index in [0.29, 0.717) is 5.13 Å². The topological polar surface area (TPSA) is 89.3 Å². The summed E-state index contributed by atoms with van der Waals surface area (Å²) in [7, 11) is 1.60. The fraction of sp³-hybridized carbons (Fsp3) is 0.333. The van der Waals surface area contributed by atoms with Gasteiger partial charge in [-0.15, -0.1) is 0 Å². The number of anilines is 2. The smallest absolute Gasteiger partial charge is 0.267 e. The van der Waals surface area contributed by atoms with Gasteiger partial charge in [-0.1, -0.05) is 11.3 Å². The van der Waals surface area contributed by atoms with Crippen LogP contribution in [0.1, 0.15) is 0 Å². The summed E-state index contributed by atoms with van der Waals surface area (Å²) in [4.78, 5) is 31.1. The van der Waals surface area contributed by atoms with E-state index in [1.54, 1.807) is 13.2 Å². The maximum absolute atomic E-state index is 12.4.